The largest absolute Gasteiger partial charge is 0.370 e. The number of ketones is 1. The molecule has 0 amide bonds. The van der Waals surface area contributed by atoms with Gasteiger partial charge < -0.3 is 4.74 Å². The Morgan fingerprint density at radius 1 is 0.944 bits per heavy atom. The second-order valence-electron chi connectivity index (χ2n) is 6.31. The van der Waals surface area contributed by atoms with Gasteiger partial charge in [0.1, 0.15) is 5.78 Å². The molecule has 0 radical (unpaired) electrons. The van der Waals surface area contributed by atoms with Crippen molar-refractivity contribution in [2.45, 2.75) is 89.8 Å². The van der Waals surface area contributed by atoms with Crippen LogP contribution in [0.25, 0.3) is 0 Å². The maximum Gasteiger partial charge on any atom is 0.133 e. The first-order valence-electron chi connectivity index (χ1n) is 7.93. The van der Waals surface area contributed by atoms with Gasteiger partial charge in [0.2, 0.25) is 0 Å². The standard InChI is InChI=1S/C16H28O2/c1-13-11-14(17)9-7-5-3-2-4-6-8-10-15-16(12-13)18-15/h13,15-16H,2-12H2,1H3. The number of epoxide rings is 1. The molecule has 1 aliphatic heterocycles. The van der Waals surface area contributed by atoms with Gasteiger partial charge in [-0.1, -0.05) is 45.4 Å². The maximum atomic E-state index is 11.8. The summed E-state index contributed by atoms with van der Waals surface area (Å²) in [5, 5.41) is 0. The summed E-state index contributed by atoms with van der Waals surface area (Å²) in [6.45, 7) is 2.20. The SMILES string of the molecule is CC1CC(=O)CCCCCCCCCC2OC2C1. The van der Waals surface area contributed by atoms with E-state index in [-0.39, 0.29) is 0 Å². The van der Waals surface area contributed by atoms with Gasteiger partial charge in [-0.3, -0.25) is 4.79 Å². The molecule has 3 unspecified atom stereocenters. The average molecular weight is 252 g/mol. The van der Waals surface area contributed by atoms with Crippen LogP contribution in [0, 0.1) is 5.92 Å². The van der Waals surface area contributed by atoms with Crippen molar-refractivity contribution in [3.8, 4) is 0 Å². The topological polar surface area (TPSA) is 29.6 Å². The van der Waals surface area contributed by atoms with Crippen LogP contribution in [0.15, 0.2) is 0 Å². The van der Waals surface area contributed by atoms with Crippen LogP contribution in [0.5, 0.6) is 0 Å². The molecule has 0 aromatic heterocycles. The molecule has 2 fully saturated rings. The van der Waals surface area contributed by atoms with Crippen molar-refractivity contribution in [3.05, 3.63) is 0 Å². The highest BCUT2D eigenvalue weighted by Gasteiger charge is 2.38. The normalized spacial score (nSPS) is 36.3. The molecule has 0 spiro atoms. The number of fused-ring (bicyclic) bond motifs is 1. The lowest BCUT2D eigenvalue weighted by Gasteiger charge is -2.08. The van der Waals surface area contributed by atoms with E-state index in [1.165, 1.54) is 44.9 Å². The number of ether oxygens (including phenoxy) is 1. The second kappa shape index (κ2) is 7.28. The first kappa shape index (κ1) is 14.0. The van der Waals surface area contributed by atoms with Gasteiger partial charge in [-0.2, -0.15) is 0 Å². The van der Waals surface area contributed by atoms with Crippen LogP contribution in [0.1, 0.15) is 77.6 Å². The minimum Gasteiger partial charge on any atom is -0.370 e. The number of hydrogen-bond donors (Lipinski definition) is 0. The van der Waals surface area contributed by atoms with E-state index in [4.69, 9.17) is 4.74 Å². The molecular weight excluding hydrogens is 224 g/mol. The molecule has 0 aromatic rings. The fourth-order valence-electron chi connectivity index (χ4n) is 3.16. The van der Waals surface area contributed by atoms with Gasteiger partial charge in [-0.05, 0) is 25.2 Å². The zero-order chi connectivity index (χ0) is 12.8. The highest BCUT2D eigenvalue weighted by atomic mass is 16.6. The van der Waals surface area contributed by atoms with Crippen LogP contribution in [-0.2, 0) is 9.53 Å². The van der Waals surface area contributed by atoms with Crippen LogP contribution in [0.4, 0.5) is 0 Å². The Hall–Kier alpha value is -0.370. The molecule has 0 aromatic carbocycles. The quantitative estimate of drug-likeness (QED) is 0.603. The van der Waals surface area contributed by atoms with E-state index in [9.17, 15) is 4.79 Å². The molecule has 2 nitrogen and oxygen atoms in total. The van der Waals surface area contributed by atoms with Crippen LogP contribution in [0.3, 0.4) is 0 Å². The van der Waals surface area contributed by atoms with Crippen molar-refractivity contribution in [1.82, 2.24) is 0 Å². The summed E-state index contributed by atoms with van der Waals surface area (Å²) >= 11 is 0. The van der Waals surface area contributed by atoms with E-state index in [0.717, 1.165) is 25.7 Å². The van der Waals surface area contributed by atoms with Crippen molar-refractivity contribution in [3.63, 3.8) is 0 Å². The van der Waals surface area contributed by atoms with Gasteiger partial charge in [-0.25, -0.2) is 0 Å². The first-order chi connectivity index (χ1) is 8.75. The van der Waals surface area contributed by atoms with Crippen molar-refractivity contribution < 1.29 is 9.53 Å². The molecule has 1 aliphatic carbocycles. The molecular formula is C16H28O2. The fraction of sp³-hybridized carbons (Fsp3) is 0.938. The molecule has 0 N–H and O–H groups in total. The summed E-state index contributed by atoms with van der Waals surface area (Å²) in [6, 6.07) is 0. The number of carbonyl (C=O) groups excluding carboxylic acids is 1. The van der Waals surface area contributed by atoms with Gasteiger partial charge in [0, 0.05) is 12.8 Å². The monoisotopic (exact) mass is 252 g/mol. The third-order valence-corrected chi connectivity index (χ3v) is 4.34. The van der Waals surface area contributed by atoms with E-state index in [1.54, 1.807) is 0 Å². The fourth-order valence-corrected chi connectivity index (χ4v) is 3.16. The molecule has 104 valence electrons. The first-order valence-corrected chi connectivity index (χ1v) is 7.93. The Kier molecular flexibility index (Phi) is 5.68. The third kappa shape index (κ3) is 5.09. The minimum absolute atomic E-state index is 0.467. The lowest BCUT2D eigenvalue weighted by atomic mass is 9.95. The molecule has 2 rings (SSSR count). The summed E-state index contributed by atoms with van der Waals surface area (Å²) in [4.78, 5) is 11.8. The van der Waals surface area contributed by atoms with E-state index >= 15 is 0 Å². The highest BCUT2D eigenvalue weighted by molar-refractivity contribution is 5.78. The number of carbonyl (C=O) groups is 1. The Balaban J connectivity index is 1.74. The summed E-state index contributed by atoms with van der Waals surface area (Å²) in [6.07, 6.45) is 14.0. The predicted molar refractivity (Wildman–Crippen MR) is 73.6 cm³/mol. The number of rotatable bonds is 0. The van der Waals surface area contributed by atoms with Crippen molar-refractivity contribution in [2.24, 2.45) is 5.92 Å². The summed E-state index contributed by atoms with van der Waals surface area (Å²) < 4.78 is 5.71. The molecule has 18 heavy (non-hydrogen) atoms. The molecule has 2 heteroatoms. The lowest BCUT2D eigenvalue weighted by Crippen LogP contribution is -2.09. The second-order valence-corrected chi connectivity index (χ2v) is 6.31. The molecule has 3 atom stereocenters. The van der Waals surface area contributed by atoms with Crippen LogP contribution >= 0.6 is 0 Å². The van der Waals surface area contributed by atoms with Crippen molar-refractivity contribution >= 4 is 5.78 Å². The molecule has 1 saturated carbocycles. The lowest BCUT2D eigenvalue weighted by molar-refractivity contribution is -0.120. The smallest absolute Gasteiger partial charge is 0.133 e. The molecule has 0 bridgehead atoms. The van der Waals surface area contributed by atoms with Crippen LogP contribution in [0.2, 0.25) is 0 Å². The van der Waals surface area contributed by atoms with Crippen LogP contribution < -0.4 is 0 Å². The highest BCUT2D eigenvalue weighted by Crippen LogP contribution is 2.33. The van der Waals surface area contributed by atoms with E-state index in [2.05, 4.69) is 6.92 Å². The molecule has 2 aliphatic rings. The zero-order valence-corrected chi connectivity index (χ0v) is 11.8. The van der Waals surface area contributed by atoms with E-state index < -0.39 is 0 Å². The maximum absolute atomic E-state index is 11.8. The number of hydrogen-bond acceptors (Lipinski definition) is 2. The average Bonchev–Trinajstić information content (AvgIpc) is 3.03. The Morgan fingerprint density at radius 3 is 2.39 bits per heavy atom. The van der Waals surface area contributed by atoms with Gasteiger partial charge in [-0.15, -0.1) is 0 Å². The minimum atomic E-state index is 0.467. The van der Waals surface area contributed by atoms with Crippen molar-refractivity contribution in [1.29, 1.82) is 0 Å². The zero-order valence-electron chi connectivity index (χ0n) is 11.8. The van der Waals surface area contributed by atoms with Crippen LogP contribution in [-0.4, -0.2) is 18.0 Å². The summed E-state index contributed by atoms with van der Waals surface area (Å²) in [5.41, 5.74) is 0. The van der Waals surface area contributed by atoms with Gasteiger partial charge in [0.25, 0.3) is 0 Å². The third-order valence-electron chi connectivity index (χ3n) is 4.34. The molecule has 1 saturated heterocycles. The Morgan fingerprint density at radius 2 is 1.61 bits per heavy atom. The van der Waals surface area contributed by atoms with Gasteiger partial charge in [0.15, 0.2) is 0 Å². The van der Waals surface area contributed by atoms with Gasteiger partial charge >= 0.3 is 0 Å². The number of Topliss-reactive ketones (excluding diaryl/α,β-unsaturated/α-hetero) is 1. The Labute approximate surface area is 111 Å². The van der Waals surface area contributed by atoms with Gasteiger partial charge in [0.05, 0.1) is 12.2 Å². The van der Waals surface area contributed by atoms with Crippen molar-refractivity contribution in [2.75, 3.05) is 0 Å². The predicted octanol–water partition coefficient (Wildman–Crippen LogP) is 4.26. The summed E-state index contributed by atoms with van der Waals surface area (Å²) in [5.74, 6) is 0.979. The Bertz CT molecular complexity index is 262. The molecule has 1 heterocycles. The van der Waals surface area contributed by atoms with E-state index in [1.807, 2.05) is 0 Å². The summed E-state index contributed by atoms with van der Waals surface area (Å²) in [7, 11) is 0. The van der Waals surface area contributed by atoms with E-state index in [0.29, 0.717) is 23.9 Å².